The van der Waals surface area contributed by atoms with Crippen molar-refractivity contribution in [2.45, 2.75) is 0 Å². The van der Waals surface area contributed by atoms with Gasteiger partial charge >= 0.3 is 0 Å². The van der Waals surface area contributed by atoms with Crippen LogP contribution in [0, 0.1) is 0 Å². The van der Waals surface area contributed by atoms with Gasteiger partial charge in [-0.05, 0) is 22.3 Å². The zero-order valence-corrected chi connectivity index (χ0v) is 11.8. The van der Waals surface area contributed by atoms with Crippen molar-refractivity contribution < 1.29 is 8.78 Å². The van der Waals surface area contributed by atoms with Gasteiger partial charge in [-0.15, -0.1) is 0 Å². The summed E-state index contributed by atoms with van der Waals surface area (Å²) < 4.78 is 26.7. The van der Waals surface area contributed by atoms with E-state index in [4.69, 9.17) is 0 Å². The second-order valence-electron chi connectivity index (χ2n) is 4.94. The third-order valence-electron chi connectivity index (χ3n) is 3.53. The normalized spacial score (nSPS) is 10.3. The number of rotatable bonds is 3. The molecule has 108 valence electrons. The fraction of sp³-hybridized carbons (Fsp3) is 0. The molecule has 0 saturated carbocycles. The van der Waals surface area contributed by atoms with Crippen LogP contribution in [0.15, 0.2) is 91.0 Å². The quantitative estimate of drug-likeness (QED) is 0.554. The van der Waals surface area contributed by atoms with E-state index in [1.165, 1.54) is 0 Å². The van der Waals surface area contributed by atoms with Crippen molar-refractivity contribution in [3.8, 4) is 11.1 Å². The molecule has 3 aromatic rings. The summed E-state index contributed by atoms with van der Waals surface area (Å²) in [6, 6.07) is 25.8. The molecule has 0 heterocycles. The molecule has 0 unspecified atom stereocenters. The van der Waals surface area contributed by atoms with Crippen molar-refractivity contribution >= 4 is 5.57 Å². The molecule has 0 atom stereocenters. The lowest BCUT2D eigenvalue weighted by Crippen LogP contribution is -1.89. The van der Waals surface area contributed by atoms with E-state index in [-0.39, 0.29) is 5.57 Å². The minimum Gasteiger partial charge on any atom is -0.173 e. The minimum absolute atomic E-state index is 0.0137. The van der Waals surface area contributed by atoms with Crippen LogP contribution >= 0.6 is 0 Å². The topological polar surface area (TPSA) is 0 Å². The Morgan fingerprint density at radius 1 is 0.500 bits per heavy atom. The molecular formula is C20H14F2. The first-order chi connectivity index (χ1) is 10.8. The van der Waals surface area contributed by atoms with Crippen LogP contribution < -0.4 is 0 Å². The lowest BCUT2D eigenvalue weighted by Gasteiger charge is -2.08. The van der Waals surface area contributed by atoms with Crippen LogP contribution in [-0.4, -0.2) is 0 Å². The van der Waals surface area contributed by atoms with E-state index in [1.54, 1.807) is 36.4 Å². The molecule has 22 heavy (non-hydrogen) atoms. The average Bonchev–Trinajstić information content (AvgIpc) is 2.57. The summed E-state index contributed by atoms with van der Waals surface area (Å²) in [4.78, 5) is 0. The maximum absolute atomic E-state index is 13.4. The maximum Gasteiger partial charge on any atom is 0.278 e. The van der Waals surface area contributed by atoms with Crippen LogP contribution in [-0.2, 0) is 0 Å². The number of halogens is 2. The van der Waals surface area contributed by atoms with Crippen LogP contribution in [0.25, 0.3) is 16.7 Å². The van der Waals surface area contributed by atoms with Crippen molar-refractivity contribution in [3.05, 3.63) is 102 Å². The molecule has 0 spiro atoms. The molecule has 0 amide bonds. The second kappa shape index (κ2) is 6.35. The molecule has 0 saturated heterocycles. The van der Waals surface area contributed by atoms with Crippen LogP contribution in [0.4, 0.5) is 8.78 Å². The molecule has 0 aromatic heterocycles. The Kier molecular flexibility index (Phi) is 4.10. The van der Waals surface area contributed by atoms with Gasteiger partial charge in [0.2, 0.25) is 0 Å². The standard InChI is InChI=1S/C20H14F2/c21-20(22)19(17-9-5-2-6-10-17)18-13-11-16(12-14-18)15-7-3-1-4-8-15/h1-14H. The summed E-state index contributed by atoms with van der Waals surface area (Å²) >= 11 is 0. The molecule has 0 fully saturated rings. The van der Waals surface area contributed by atoms with E-state index in [2.05, 4.69) is 0 Å². The molecule has 0 radical (unpaired) electrons. The molecule has 0 N–H and O–H groups in total. The van der Waals surface area contributed by atoms with Gasteiger partial charge in [0.05, 0.1) is 5.57 Å². The minimum atomic E-state index is -1.67. The van der Waals surface area contributed by atoms with E-state index in [9.17, 15) is 8.78 Å². The summed E-state index contributed by atoms with van der Waals surface area (Å²) in [5.41, 5.74) is 3.11. The van der Waals surface area contributed by atoms with Crippen molar-refractivity contribution in [2.75, 3.05) is 0 Å². The molecule has 0 aliphatic rings. The van der Waals surface area contributed by atoms with Crippen LogP contribution in [0.1, 0.15) is 11.1 Å². The summed E-state index contributed by atoms with van der Waals surface area (Å²) in [7, 11) is 0. The average molecular weight is 292 g/mol. The number of hydrogen-bond donors (Lipinski definition) is 0. The largest absolute Gasteiger partial charge is 0.278 e. The summed E-state index contributed by atoms with van der Waals surface area (Å²) in [6.07, 6.45) is -1.67. The molecule has 2 heteroatoms. The van der Waals surface area contributed by atoms with Gasteiger partial charge in [-0.3, -0.25) is 0 Å². The third-order valence-corrected chi connectivity index (χ3v) is 3.53. The molecule has 0 aliphatic carbocycles. The van der Waals surface area contributed by atoms with Gasteiger partial charge in [0.25, 0.3) is 6.08 Å². The molecule has 3 rings (SSSR count). The van der Waals surface area contributed by atoms with E-state index in [0.29, 0.717) is 11.1 Å². The first-order valence-corrected chi connectivity index (χ1v) is 7.02. The van der Waals surface area contributed by atoms with E-state index in [1.807, 2.05) is 48.5 Å². The summed E-state index contributed by atoms with van der Waals surface area (Å²) in [5, 5.41) is 0. The first-order valence-electron chi connectivity index (χ1n) is 7.02. The Morgan fingerprint density at radius 2 is 0.955 bits per heavy atom. The van der Waals surface area contributed by atoms with Crippen molar-refractivity contribution in [1.82, 2.24) is 0 Å². The molecular weight excluding hydrogens is 278 g/mol. The number of hydrogen-bond acceptors (Lipinski definition) is 0. The van der Waals surface area contributed by atoms with Gasteiger partial charge in [-0.1, -0.05) is 84.9 Å². The Bertz CT molecular complexity index is 769. The Balaban J connectivity index is 2.00. The third kappa shape index (κ3) is 2.96. The van der Waals surface area contributed by atoms with Crippen molar-refractivity contribution in [3.63, 3.8) is 0 Å². The molecule has 0 bridgehead atoms. The lowest BCUT2D eigenvalue weighted by molar-refractivity contribution is 0.426. The van der Waals surface area contributed by atoms with Gasteiger partial charge in [-0.25, -0.2) is 0 Å². The maximum atomic E-state index is 13.4. The van der Waals surface area contributed by atoms with Crippen LogP contribution in [0.5, 0.6) is 0 Å². The summed E-state index contributed by atoms with van der Waals surface area (Å²) in [6.45, 7) is 0. The van der Waals surface area contributed by atoms with E-state index in [0.717, 1.165) is 11.1 Å². The van der Waals surface area contributed by atoms with E-state index >= 15 is 0 Å². The monoisotopic (exact) mass is 292 g/mol. The lowest BCUT2D eigenvalue weighted by atomic mass is 9.96. The van der Waals surface area contributed by atoms with Gasteiger partial charge < -0.3 is 0 Å². The first kappa shape index (κ1) is 14.2. The van der Waals surface area contributed by atoms with Gasteiger partial charge in [0.15, 0.2) is 0 Å². The van der Waals surface area contributed by atoms with Crippen LogP contribution in [0.2, 0.25) is 0 Å². The highest BCUT2D eigenvalue weighted by Crippen LogP contribution is 2.30. The highest BCUT2D eigenvalue weighted by atomic mass is 19.3. The Morgan fingerprint density at radius 3 is 1.50 bits per heavy atom. The van der Waals surface area contributed by atoms with Crippen LogP contribution in [0.3, 0.4) is 0 Å². The number of benzene rings is 3. The fourth-order valence-electron chi connectivity index (χ4n) is 2.45. The predicted octanol–water partition coefficient (Wildman–Crippen LogP) is 6.01. The second-order valence-corrected chi connectivity index (χ2v) is 4.94. The molecule has 3 aromatic carbocycles. The zero-order chi connectivity index (χ0) is 15.4. The highest BCUT2D eigenvalue weighted by molar-refractivity contribution is 5.81. The van der Waals surface area contributed by atoms with Gasteiger partial charge in [0.1, 0.15) is 0 Å². The Labute approximate surface area is 128 Å². The van der Waals surface area contributed by atoms with Gasteiger partial charge in [-0.2, -0.15) is 8.78 Å². The zero-order valence-electron chi connectivity index (χ0n) is 11.8. The fourth-order valence-corrected chi connectivity index (χ4v) is 2.45. The molecule has 0 nitrogen and oxygen atoms in total. The van der Waals surface area contributed by atoms with Crippen molar-refractivity contribution in [2.24, 2.45) is 0 Å². The molecule has 0 aliphatic heterocycles. The smallest absolute Gasteiger partial charge is 0.173 e. The summed E-state index contributed by atoms with van der Waals surface area (Å²) in [5.74, 6) is 0. The Hall–Kier alpha value is -2.74. The highest BCUT2D eigenvalue weighted by Gasteiger charge is 2.12. The van der Waals surface area contributed by atoms with E-state index < -0.39 is 6.08 Å². The predicted molar refractivity (Wildman–Crippen MR) is 86.6 cm³/mol. The van der Waals surface area contributed by atoms with Gasteiger partial charge in [0, 0.05) is 0 Å². The van der Waals surface area contributed by atoms with Crippen molar-refractivity contribution in [1.29, 1.82) is 0 Å². The SMILES string of the molecule is FC(F)=C(c1ccccc1)c1ccc(-c2ccccc2)cc1.